The molecule has 0 spiro atoms. The number of carbonyl (C=O) groups excluding carboxylic acids is 2. The van der Waals surface area contributed by atoms with E-state index in [9.17, 15) is 29.3 Å². The van der Waals surface area contributed by atoms with E-state index < -0.39 is 44.7 Å². The Morgan fingerprint density at radius 3 is 1.75 bits per heavy atom. The first-order chi connectivity index (χ1) is 28.8. The van der Waals surface area contributed by atoms with Crippen LogP contribution in [0.15, 0.2) is 85.1 Å². The molecule has 0 aromatic heterocycles. The van der Waals surface area contributed by atoms with Crippen LogP contribution in [0, 0.1) is 0 Å². The van der Waals surface area contributed by atoms with Gasteiger partial charge in [0.05, 0.1) is 40.0 Å². The van der Waals surface area contributed by atoms with Gasteiger partial charge in [-0.3, -0.25) is 14.2 Å². The number of aliphatic hydroxyl groups excluding tert-OH is 2. The minimum absolute atomic E-state index is 0.0384. The minimum Gasteiger partial charge on any atom is -0.756 e. The van der Waals surface area contributed by atoms with Crippen molar-refractivity contribution >= 4 is 19.8 Å². The van der Waals surface area contributed by atoms with Crippen LogP contribution in [0.1, 0.15) is 142 Å². The predicted molar refractivity (Wildman–Crippen MR) is 243 cm³/mol. The average Bonchev–Trinajstić information content (AvgIpc) is 3.19. The van der Waals surface area contributed by atoms with Crippen molar-refractivity contribution in [1.82, 2.24) is 0 Å². The number of hydrogen-bond donors (Lipinski definition) is 2. The fourth-order valence-electron chi connectivity index (χ4n) is 5.47. The Labute approximate surface area is 364 Å². The molecule has 1 unspecified atom stereocenters. The highest BCUT2D eigenvalue weighted by atomic mass is 31.2. The zero-order valence-electron chi connectivity index (χ0n) is 37.8. The molecule has 0 heterocycles. The molecule has 0 saturated heterocycles. The molecule has 0 aliphatic carbocycles. The highest BCUT2D eigenvalue weighted by Crippen LogP contribution is 2.38. The summed E-state index contributed by atoms with van der Waals surface area (Å²) in [5.74, 6) is -1.13. The summed E-state index contributed by atoms with van der Waals surface area (Å²) in [4.78, 5) is 37.5. The van der Waals surface area contributed by atoms with E-state index in [0.29, 0.717) is 43.1 Å². The van der Waals surface area contributed by atoms with Crippen molar-refractivity contribution in [2.24, 2.45) is 0 Å². The second-order valence-electron chi connectivity index (χ2n) is 16.1. The van der Waals surface area contributed by atoms with E-state index in [4.69, 9.17) is 18.5 Å². The third-order valence-corrected chi connectivity index (χ3v) is 10.1. The Kier molecular flexibility index (Phi) is 37.1. The molecular weight excluding hydrogens is 781 g/mol. The van der Waals surface area contributed by atoms with E-state index in [0.717, 1.165) is 44.9 Å². The molecule has 0 aromatic rings. The van der Waals surface area contributed by atoms with Gasteiger partial charge >= 0.3 is 11.9 Å². The first-order valence-corrected chi connectivity index (χ1v) is 24.0. The van der Waals surface area contributed by atoms with Crippen molar-refractivity contribution < 1.29 is 52.3 Å². The number of unbranched alkanes of at least 4 members (excludes halogenated alkanes) is 9. The van der Waals surface area contributed by atoms with Crippen molar-refractivity contribution in [2.75, 3.05) is 47.5 Å². The number of quaternary nitrogens is 1. The number of hydrogen-bond acceptors (Lipinski definition) is 10. The normalized spacial score (nSPS) is 15.4. The average molecular weight is 864 g/mol. The number of carbonyl (C=O) groups is 2. The first-order valence-electron chi connectivity index (χ1n) is 22.5. The summed E-state index contributed by atoms with van der Waals surface area (Å²) < 4.78 is 33.6. The van der Waals surface area contributed by atoms with Gasteiger partial charge < -0.3 is 38.1 Å². The topological polar surface area (TPSA) is 152 Å². The third kappa shape index (κ3) is 41.8. The van der Waals surface area contributed by atoms with Crippen LogP contribution in [0.25, 0.3) is 0 Å². The number of nitrogens with zero attached hydrogens (tertiary/aromatic N) is 1. The van der Waals surface area contributed by atoms with E-state index >= 15 is 0 Å². The maximum Gasteiger partial charge on any atom is 0.306 e. The van der Waals surface area contributed by atoms with Crippen LogP contribution in [0.5, 0.6) is 0 Å². The molecule has 0 rings (SSSR count). The van der Waals surface area contributed by atoms with E-state index in [1.165, 1.54) is 38.5 Å². The fourth-order valence-corrected chi connectivity index (χ4v) is 6.20. The fraction of sp³-hybridized carbons (Fsp3) is 0.667. The van der Waals surface area contributed by atoms with Gasteiger partial charge in [0.2, 0.25) is 0 Å². The van der Waals surface area contributed by atoms with Gasteiger partial charge in [0.25, 0.3) is 7.82 Å². The predicted octanol–water partition coefficient (Wildman–Crippen LogP) is 10.1. The van der Waals surface area contributed by atoms with Gasteiger partial charge in [-0.25, -0.2) is 0 Å². The number of phosphoric acid groups is 1. The molecule has 12 heteroatoms. The smallest absolute Gasteiger partial charge is 0.306 e. The molecule has 60 heavy (non-hydrogen) atoms. The van der Waals surface area contributed by atoms with Gasteiger partial charge in [0.1, 0.15) is 19.8 Å². The second-order valence-corrected chi connectivity index (χ2v) is 17.5. The monoisotopic (exact) mass is 864 g/mol. The molecule has 0 aliphatic rings. The summed E-state index contributed by atoms with van der Waals surface area (Å²) in [5.41, 5.74) is 0. The number of esters is 2. The van der Waals surface area contributed by atoms with Gasteiger partial charge in [-0.1, -0.05) is 150 Å². The van der Waals surface area contributed by atoms with Gasteiger partial charge in [0.15, 0.2) is 6.10 Å². The second kappa shape index (κ2) is 39.0. The molecule has 0 aromatic carbocycles. The molecule has 0 aliphatic heterocycles. The Morgan fingerprint density at radius 2 is 1.13 bits per heavy atom. The standard InChI is InChI=1S/C48H82NO10P/c1-6-8-10-11-12-13-14-15-16-17-18-19-20-21-25-28-32-38-47(52)56-42-46(43-58-60(54,55)57-41-40-49(3,4)5)59-48(53)39-33-37-45(51)36-31-27-24-22-23-26-30-35-44(50)34-29-9-7-2/h15-16,18-19,21,23-27,30-31,35-36,44-46,50-51H,6-14,17,20,22,28-29,32-34,37-43H2,1-5H3/b16-15-,19-18-,25-21-,26-23-,27-24-,35-30+,36-31+/t44-,45-,46-/m1/s1. The number of rotatable bonds is 39. The quantitative estimate of drug-likeness (QED) is 0.0153. The number of allylic oxidation sites excluding steroid dienone is 12. The lowest BCUT2D eigenvalue weighted by atomic mass is 10.1. The summed E-state index contributed by atoms with van der Waals surface area (Å²) in [5, 5.41) is 20.2. The summed E-state index contributed by atoms with van der Waals surface area (Å²) in [6.45, 7) is 3.77. The van der Waals surface area contributed by atoms with Crippen molar-refractivity contribution in [3.8, 4) is 0 Å². The number of ether oxygens (including phenoxy) is 2. The SMILES string of the molecule is CCCCCCCC/C=C\C/C=C\C/C=C\CCCC(=O)OC[C@H](COP(=O)([O-])OCC[N+](C)(C)C)OC(=O)CCC[C@H](O)/C=C/C=C\C/C=C\C=C\[C@H](O)CCCCC. The lowest BCUT2D eigenvalue weighted by molar-refractivity contribution is -0.870. The van der Waals surface area contributed by atoms with Gasteiger partial charge in [-0.2, -0.15) is 0 Å². The summed E-state index contributed by atoms with van der Waals surface area (Å²) in [6, 6.07) is 0. The van der Waals surface area contributed by atoms with E-state index in [1.807, 2.05) is 57.6 Å². The van der Waals surface area contributed by atoms with Gasteiger partial charge in [0, 0.05) is 12.8 Å². The minimum atomic E-state index is -4.71. The van der Waals surface area contributed by atoms with Crippen LogP contribution < -0.4 is 4.89 Å². The highest BCUT2D eigenvalue weighted by molar-refractivity contribution is 7.45. The molecule has 4 atom stereocenters. The van der Waals surface area contributed by atoms with Crippen LogP contribution in [-0.4, -0.2) is 92.5 Å². The van der Waals surface area contributed by atoms with E-state index in [-0.39, 0.29) is 26.1 Å². The first kappa shape index (κ1) is 57.1. The molecular formula is C48H82NO10P. The lowest BCUT2D eigenvalue weighted by Crippen LogP contribution is -2.37. The molecule has 0 bridgehead atoms. The molecule has 11 nitrogen and oxygen atoms in total. The molecule has 0 fully saturated rings. The van der Waals surface area contributed by atoms with Crippen LogP contribution in [0.4, 0.5) is 0 Å². The maximum absolute atomic E-state index is 12.7. The Morgan fingerprint density at radius 1 is 0.617 bits per heavy atom. The number of aliphatic hydroxyl groups is 2. The number of likely N-dealkylation sites (N-methyl/N-ethyl adjacent to an activating group) is 1. The molecule has 344 valence electrons. The van der Waals surface area contributed by atoms with Crippen molar-refractivity contribution in [1.29, 1.82) is 0 Å². The summed E-state index contributed by atoms with van der Waals surface area (Å²) >= 11 is 0. The highest BCUT2D eigenvalue weighted by Gasteiger charge is 2.22. The van der Waals surface area contributed by atoms with Crippen LogP contribution >= 0.6 is 7.82 Å². The van der Waals surface area contributed by atoms with Crippen LogP contribution in [0.2, 0.25) is 0 Å². The van der Waals surface area contributed by atoms with Crippen molar-refractivity contribution in [3.05, 3.63) is 85.1 Å². The molecule has 0 saturated carbocycles. The Balaban J connectivity index is 4.69. The zero-order chi connectivity index (χ0) is 44.6. The van der Waals surface area contributed by atoms with E-state index in [1.54, 1.807) is 18.2 Å². The zero-order valence-corrected chi connectivity index (χ0v) is 38.7. The van der Waals surface area contributed by atoms with E-state index in [2.05, 4.69) is 44.2 Å². The van der Waals surface area contributed by atoms with Crippen LogP contribution in [-0.2, 0) is 32.7 Å². The van der Waals surface area contributed by atoms with Gasteiger partial charge in [-0.05, 0) is 64.2 Å². The largest absolute Gasteiger partial charge is 0.756 e. The number of phosphoric ester groups is 1. The van der Waals surface area contributed by atoms with Crippen LogP contribution in [0.3, 0.4) is 0 Å². The third-order valence-electron chi connectivity index (χ3n) is 9.10. The van der Waals surface area contributed by atoms with Gasteiger partial charge in [-0.15, -0.1) is 0 Å². The molecule has 0 amide bonds. The summed E-state index contributed by atoms with van der Waals surface area (Å²) in [7, 11) is 0.979. The van der Waals surface area contributed by atoms with Crippen molar-refractivity contribution in [2.45, 2.75) is 161 Å². The molecule has 2 N–H and O–H groups in total. The van der Waals surface area contributed by atoms with Crippen molar-refractivity contribution in [3.63, 3.8) is 0 Å². The maximum atomic E-state index is 12.7. The Bertz CT molecular complexity index is 1330. The lowest BCUT2D eigenvalue weighted by Gasteiger charge is -2.28. The Hall–Kier alpha value is -2.89. The summed E-state index contributed by atoms with van der Waals surface area (Å²) in [6.07, 6.45) is 42.6. The molecule has 0 radical (unpaired) electrons.